The molecular formula is C19H24N2O4. The van der Waals surface area contributed by atoms with Crippen molar-refractivity contribution in [2.45, 2.75) is 57.8 Å². The van der Waals surface area contributed by atoms with Crippen LogP contribution in [0, 0.1) is 11.3 Å². The molecule has 0 saturated heterocycles. The lowest BCUT2D eigenvalue weighted by Crippen LogP contribution is -2.46. The number of amides is 1. The quantitative estimate of drug-likeness (QED) is 0.768. The van der Waals surface area contributed by atoms with E-state index < -0.39 is 17.4 Å². The molecule has 6 nitrogen and oxygen atoms in total. The molecule has 25 heavy (non-hydrogen) atoms. The predicted octanol–water partition coefficient (Wildman–Crippen LogP) is 2.72. The van der Waals surface area contributed by atoms with Crippen LogP contribution in [0.5, 0.6) is 0 Å². The molecule has 1 aromatic rings. The highest BCUT2D eigenvalue weighted by Crippen LogP contribution is 2.28. The van der Waals surface area contributed by atoms with Gasteiger partial charge in [0.05, 0.1) is 24.3 Å². The van der Waals surface area contributed by atoms with Crippen LogP contribution in [-0.4, -0.2) is 30.1 Å². The summed E-state index contributed by atoms with van der Waals surface area (Å²) in [6.45, 7) is 4.00. The van der Waals surface area contributed by atoms with Crippen molar-refractivity contribution in [3.05, 3.63) is 35.4 Å². The van der Waals surface area contributed by atoms with E-state index in [9.17, 15) is 14.9 Å². The highest BCUT2D eigenvalue weighted by atomic mass is 16.5. The van der Waals surface area contributed by atoms with E-state index in [1.165, 1.54) is 0 Å². The minimum absolute atomic E-state index is 0.139. The Balaban J connectivity index is 1.81. The Morgan fingerprint density at radius 3 is 2.44 bits per heavy atom. The average Bonchev–Trinajstić information content (AvgIpc) is 3.07. The zero-order valence-electron chi connectivity index (χ0n) is 14.7. The Morgan fingerprint density at radius 2 is 1.88 bits per heavy atom. The fraction of sp³-hybridized carbons (Fsp3) is 0.526. The second kappa shape index (κ2) is 8.63. The zero-order chi connectivity index (χ0) is 18.3. The van der Waals surface area contributed by atoms with Gasteiger partial charge in [0.1, 0.15) is 5.54 Å². The Labute approximate surface area is 148 Å². The first-order chi connectivity index (χ1) is 11.9. The maximum absolute atomic E-state index is 12.0. The zero-order valence-corrected chi connectivity index (χ0v) is 14.7. The van der Waals surface area contributed by atoms with Gasteiger partial charge < -0.3 is 14.8 Å². The maximum Gasteiger partial charge on any atom is 0.338 e. The number of nitrogens with zero attached hydrogens (tertiary/aromatic N) is 1. The molecule has 6 heteroatoms. The molecule has 0 aromatic heterocycles. The molecule has 0 aliphatic heterocycles. The molecule has 1 fully saturated rings. The van der Waals surface area contributed by atoms with Gasteiger partial charge in [-0.1, -0.05) is 12.1 Å². The van der Waals surface area contributed by atoms with Gasteiger partial charge in [-0.05, 0) is 57.2 Å². The number of rotatable bonds is 7. The third-order valence-electron chi connectivity index (χ3n) is 4.16. The number of carbonyl (C=O) groups is 2. The third-order valence-corrected chi connectivity index (χ3v) is 4.16. The lowest BCUT2D eigenvalue weighted by molar-refractivity contribution is -0.125. The summed E-state index contributed by atoms with van der Waals surface area (Å²) in [5.74, 6) is -1.01. The second-order valence-electron chi connectivity index (χ2n) is 6.58. The lowest BCUT2D eigenvalue weighted by atomic mass is 10.00. The largest absolute Gasteiger partial charge is 0.452 e. The minimum Gasteiger partial charge on any atom is -0.452 e. The van der Waals surface area contributed by atoms with Crippen LogP contribution in [0.1, 0.15) is 55.5 Å². The molecule has 1 aliphatic rings. The molecule has 1 N–H and O–H groups in total. The van der Waals surface area contributed by atoms with E-state index in [1.54, 1.807) is 24.3 Å². The van der Waals surface area contributed by atoms with Crippen LogP contribution in [0.15, 0.2) is 24.3 Å². The van der Waals surface area contributed by atoms with E-state index in [2.05, 4.69) is 11.4 Å². The van der Waals surface area contributed by atoms with Crippen molar-refractivity contribution in [3.8, 4) is 6.07 Å². The van der Waals surface area contributed by atoms with Gasteiger partial charge in [0.15, 0.2) is 6.61 Å². The van der Waals surface area contributed by atoms with Crippen LogP contribution in [0.4, 0.5) is 0 Å². The lowest BCUT2D eigenvalue weighted by Gasteiger charge is -2.21. The standard InChI is InChI=1S/C19H24N2O4/c1-14(2)24-11-15-5-7-16(8-6-15)18(23)25-12-17(22)21-19(13-20)9-3-4-10-19/h5-8,14H,3-4,9-12H2,1-2H3,(H,21,22). The summed E-state index contributed by atoms with van der Waals surface area (Å²) in [6, 6.07) is 9.05. The number of ether oxygens (including phenoxy) is 2. The average molecular weight is 344 g/mol. The molecule has 1 amide bonds. The van der Waals surface area contributed by atoms with Gasteiger partial charge >= 0.3 is 5.97 Å². The SMILES string of the molecule is CC(C)OCc1ccc(C(=O)OCC(=O)NC2(C#N)CCCC2)cc1. The monoisotopic (exact) mass is 344 g/mol. The second-order valence-corrected chi connectivity index (χ2v) is 6.58. The van der Waals surface area contributed by atoms with Gasteiger partial charge in [-0.25, -0.2) is 4.79 Å². The molecule has 0 atom stereocenters. The van der Waals surface area contributed by atoms with E-state index in [1.807, 2.05) is 13.8 Å². The predicted molar refractivity (Wildman–Crippen MR) is 91.6 cm³/mol. The van der Waals surface area contributed by atoms with Crippen molar-refractivity contribution in [2.75, 3.05) is 6.61 Å². The van der Waals surface area contributed by atoms with Crippen LogP contribution in [0.25, 0.3) is 0 Å². The topological polar surface area (TPSA) is 88.4 Å². The van der Waals surface area contributed by atoms with E-state index in [-0.39, 0.29) is 12.7 Å². The first-order valence-electron chi connectivity index (χ1n) is 8.54. The fourth-order valence-electron chi connectivity index (χ4n) is 2.76. The van der Waals surface area contributed by atoms with Gasteiger partial charge in [0, 0.05) is 0 Å². The summed E-state index contributed by atoms with van der Waals surface area (Å²) in [6.07, 6.45) is 3.26. The summed E-state index contributed by atoms with van der Waals surface area (Å²) >= 11 is 0. The van der Waals surface area contributed by atoms with Crippen LogP contribution < -0.4 is 5.32 Å². The Hall–Kier alpha value is -2.39. The van der Waals surface area contributed by atoms with Gasteiger partial charge in [0.25, 0.3) is 5.91 Å². The van der Waals surface area contributed by atoms with Crippen LogP contribution in [-0.2, 0) is 20.9 Å². The van der Waals surface area contributed by atoms with Crippen molar-refractivity contribution in [3.63, 3.8) is 0 Å². The van der Waals surface area contributed by atoms with E-state index in [4.69, 9.17) is 9.47 Å². The minimum atomic E-state index is -0.804. The van der Waals surface area contributed by atoms with Crippen molar-refractivity contribution in [2.24, 2.45) is 0 Å². The Kier molecular flexibility index (Phi) is 6.54. The first kappa shape index (κ1) is 18.9. The van der Waals surface area contributed by atoms with E-state index >= 15 is 0 Å². The van der Waals surface area contributed by atoms with Crippen molar-refractivity contribution >= 4 is 11.9 Å². The number of nitriles is 1. The summed E-state index contributed by atoms with van der Waals surface area (Å²) in [5, 5.41) is 11.9. The molecule has 1 aromatic carbocycles. The molecule has 1 saturated carbocycles. The van der Waals surface area contributed by atoms with Crippen molar-refractivity contribution in [1.82, 2.24) is 5.32 Å². The molecule has 0 bridgehead atoms. The molecule has 0 unspecified atom stereocenters. The normalized spacial score (nSPS) is 15.6. The Morgan fingerprint density at radius 1 is 1.24 bits per heavy atom. The van der Waals surface area contributed by atoms with Crippen molar-refractivity contribution in [1.29, 1.82) is 5.26 Å². The molecule has 0 spiro atoms. The smallest absolute Gasteiger partial charge is 0.338 e. The maximum atomic E-state index is 12.0. The molecular weight excluding hydrogens is 320 g/mol. The van der Waals surface area contributed by atoms with Gasteiger partial charge in [-0.2, -0.15) is 5.26 Å². The van der Waals surface area contributed by atoms with Crippen molar-refractivity contribution < 1.29 is 19.1 Å². The summed E-state index contributed by atoms with van der Waals surface area (Å²) in [5.41, 5.74) is 0.527. The third kappa shape index (κ3) is 5.57. The van der Waals surface area contributed by atoms with Crippen LogP contribution >= 0.6 is 0 Å². The first-order valence-corrected chi connectivity index (χ1v) is 8.54. The Bertz CT molecular complexity index is 640. The highest BCUT2D eigenvalue weighted by molar-refractivity contribution is 5.91. The molecule has 1 aliphatic carbocycles. The molecule has 0 radical (unpaired) electrons. The highest BCUT2D eigenvalue weighted by Gasteiger charge is 2.35. The number of benzene rings is 1. The number of nitrogens with one attached hydrogen (secondary N) is 1. The number of esters is 1. The van der Waals surface area contributed by atoms with Crippen LogP contribution in [0.2, 0.25) is 0 Å². The summed E-state index contributed by atoms with van der Waals surface area (Å²) in [4.78, 5) is 24.0. The number of carbonyl (C=O) groups excluding carboxylic acids is 2. The van der Waals surface area contributed by atoms with E-state index in [0.717, 1.165) is 18.4 Å². The summed E-state index contributed by atoms with van der Waals surface area (Å²) < 4.78 is 10.5. The fourth-order valence-corrected chi connectivity index (χ4v) is 2.76. The van der Waals surface area contributed by atoms with E-state index in [0.29, 0.717) is 25.0 Å². The molecule has 134 valence electrons. The molecule has 0 heterocycles. The van der Waals surface area contributed by atoms with Crippen LogP contribution in [0.3, 0.4) is 0 Å². The van der Waals surface area contributed by atoms with Gasteiger partial charge in [-0.15, -0.1) is 0 Å². The van der Waals surface area contributed by atoms with Gasteiger partial charge in [-0.3, -0.25) is 4.79 Å². The summed E-state index contributed by atoms with van der Waals surface area (Å²) in [7, 11) is 0. The number of hydrogen-bond acceptors (Lipinski definition) is 5. The number of hydrogen-bond donors (Lipinski definition) is 1. The van der Waals surface area contributed by atoms with Gasteiger partial charge in [0.2, 0.25) is 0 Å². The molecule has 2 rings (SSSR count).